The van der Waals surface area contributed by atoms with E-state index in [4.69, 9.17) is 25.5 Å². The predicted molar refractivity (Wildman–Crippen MR) is 123 cm³/mol. The molecule has 174 valence electrons. The number of halogens is 2. The number of hydrogen-bond donors (Lipinski definition) is 0. The van der Waals surface area contributed by atoms with E-state index >= 15 is 0 Å². The fourth-order valence-corrected chi connectivity index (χ4v) is 4.58. The van der Waals surface area contributed by atoms with Crippen molar-refractivity contribution < 1.29 is 37.8 Å². The minimum Gasteiger partial charge on any atom is -0.479 e. The lowest BCUT2D eigenvalue weighted by molar-refractivity contribution is -0.145. The van der Waals surface area contributed by atoms with Gasteiger partial charge in [0.15, 0.2) is 12.4 Å². The maximum Gasteiger partial charge on any atom is 0.373 e. The zero-order valence-corrected chi connectivity index (χ0v) is 20.5. The molecule has 0 unspecified atom stereocenters. The number of carbonyl (C=O) groups is 4. The van der Waals surface area contributed by atoms with Crippen molar-refractivity contribution in [2.75, 3.05) is 20.3 Å². The first-order valence-electron chi connectivity index (χ1n) is 9.43. The summed E-state index contributed by atoms with van der Waals surface area (Å²) in [6.45, 7) is 1.47. The number of rotatable bonds is 8. The number of hydrogen-bond acceptors (Lipinski definition) is 9. The molecular formula is C21H17BrClNO8S. The Hall–Kier alpha value is -2.76. The second kappa shape index (κ2) is 10.9. The van der Waals surface area contributed by atoms with Gasteiger partial charge in [0.05, 0.1) is 34.7 Å². The minimum atomic E-state index is -0.660. The predicted octanol–water partition coefficient (Wildman–Crippen LogP) is 4.66. The van der Waals surface area contributed by atoms with E-state index in [0.29, 0.717) is 10.0 Å². The van der Waals surface area contributed by atoms with E-state index in [0.717, 1.165) is 16.7 Å². The van der Waals surface area contributed by atoms with Crippen LogP contribution in [0.3, 0.4) is 0 Å². The summed E-state index contributed by atoms with van der Waals surface area (Å²) in [7, 11) is 1.22. The van der Waals surface area contributed by atoms with Crippen molar-refractivity contribution >= 4 is 68.5 Å². The van der Waals surface area contributed by atoms with Gasteiger partial charge >= 0.3 is 11.9 Å². The molecule has 1 aliphatic rings. The molecule has 0 radical (unpaired) electrons. The molecule has 12 heteroatoms. The second-order valence-corrected chi connectivity index (χ2v) is 8.69. The third-order valence-corrected chi connectivity index (χ3v) is 5.97. The van der Waals surface area contributed by atoms with E-state index in [1.54, 1.807) is 13.0 Å². The summed E-state index contributed by atoms with van der Waals surface area (Å²) >= 11 is 10.4. The standard InChI is InChI=1S/C21H17BrClNO8S/c1-3-30-17(25)10-31-18-13(22)6-11(7-14(18)23)8-16-19(26)24(21(28)33-16)9-12-4-5-15(32-12)20(27)29-2/h4-8H,3,9-10H2,1-2H3/b16-8+. The summed E-state index contributed by atoms with van der Waals surface area (Å²) in [5.41, 5.74) is 0.534. The molecule has 2 aromatic rings. The lowest BCUT2D eigenvalue weighted by Crippen LogP contribution is -2.27. The van der Waals surface area contributed by atoms with E-state index < -0.39 is 23.1 Å². The van der Waals surface area contributed by atoms with E-state index in [2.05, 4.69) is 20.7 Å². The molecule has 0 N–H and O–H groups in total. The van der Waals surface area contributed by atoms with Gasteiger partial charge in [0, 0.05) is 0 Å². The first kappa shape index (κ1) is 24.9. The molecule has 1 saturated heterocycles. The molecule has 1 aromatic carbocycles. The van der Waals surface area contributed by atoms with Gasteiger partial charge in [-0.3, -0.25) is 14.5 Å². The number of esters is 2. The first-order chi connectivity index (χ1) is 15.7. The molecule has 0 spiro atoms. The third kappa shape index (κ3) is 5.98. The zero-order valence-electron chi connectivity index (χ0n) is 17.4. The van der Waals surface area contributed by atoms with Crippen LogP contribution in [0.1, 0.15) is 28.8 Å². The highest BCUT2D eigenvalue weighted by Gasteiger charge is 2.36. The highest BCUT2D eigenvalue weighted by Crippen LogP contribution is 2.38. The molecule has 2 heterocycles. The van der Waals surface area contributed by atoms with E-state index in [9.17, 15) is 19.2 Å². The number of furan rings is 1. The van der Waals surface area contributed by atoms with Gasteiger partial charge in [0.1, 0.15) is 5.76 Å². The first-order valence-corrected chi connectivity index (χ1v) is 11.4. The normalized spacial score (nSPS) is 14.7. The fourth-order valence-electron chi connectivity index (χ4n) is 2.75. The molecule has 0 atom stereocenters. The third-order valence-electron chi connectivity index (χ3n) is 4.19. The average molecular weight is 559 g/mol. The Balaban J connectivity index is 1.74. The maximum atomic E-state index is 12.8. The summed E-state index contributed by atoms with van der Waals surface area (Å²) in [6.07, 6.45) is 1.51. The Bertz CT molecular complexity index is 1120. The number of thioether (sulfide) groups is 1. The van der Waals surface area contributed by atoms with E-state index in [1.807, 2.05) is 0 Å². The zero-order chi connectivity index (χ0) is 24.1. The Morgan fingerprint density at radius 3 is 2.70 bits per heavy atom. The quantitative estimate of drug-likeness (QED) is 0.337. The summed E-state index contributed by atoms with van der Waals surface area (Å²) in [4.78, 5) is 49.3. The fraction of sp³-hybridized carbons (Fsp3) is 0.238. The Morgan fingerprint density at radius 2 is 2.03 bits per heavy atom. The molecule has 2 amide bonds. The molecule has 0 aliphatic carbocycles. The van der Waals surface area contributed by atoms with Crippen molar-refractivity contribution in [3.63, 3.8) is 0 Å². The Morgan fingerprint density at radius 1 is 1.27 bits per heavy atom. The van der Waals surface area contributed by atoms with Crippen LogP contribution in [-0.2, 0) is 25.6 Å². The van der Waals surface area contributed by atoms with Crippen LogP contribution in [-0.4, -0.2) is 48.3 Å². The van der Waals surface area contributed by atoms with Crippen molar-refractivity contribution in [2.24, 2.45) is 0 Å². The van der Waals surface area contributed by atoms with Crippen LogP contribution in [0.15, 0.2) is 38.1 Å². The van der Waals surface area contributed by atoms with Gasteiger partial charge in [-0.2, -0.15) is 0 Å². The molecule has 1 aliphatic heterocycles. The lowest BCUT2D eigenvalue weighted by atomic mass is 10.2. The number of methoxy groups -OCH3 is 1. The second-order valence-electron chi connectivity index (χ2n) is 6.43. The molecule has 33 heavy (non-hydrogen) atoms. The number of benzene rings is 1. The maximum absolute atomic E-state index is 12.8. The largest absolute Gasteiger partial charge is 0.479 e. The van der Waals surface area contributed by atoms with E-state index in [-0.39, 0.29) is 47.0 Å². The van der Waals surface area contributed by atoms with Crippen LogP contribution in [0, 0.1) is 0 Å². The van der Waals surface area contributed by atoms with Crippen molar-refractivity contribution in [3.8, 4) is 5.75 Å². The van der Waals surface area contributed by atoms with Gasteiger partial charge in [0.25, 0.3) is 11.1 Å². The van der Waals surface area contributed by atoms with Crippen LogP contribution in [0.25, 0.3) is 6.08 Å². The Labute approximate surface area is 206 Å². The van der Waals surface area contributed by atoms with Crippen molar-refractivity contribution in [2.45, 2.75) is 13.5 Å². The summed E-state index contributed by atoms with van der Waals surface area (Å²) in [5.74, 6) is -1.24. The van der Waals surface area contributed by atoms with Gasteiger partial charge in [-0.1, -0.05) is 11.6 Å². The number of amides is 2. The van der Waals surface area contributed by atoms with Crippen LogP contribution in [0.5, 0.6) is 5.75 Å². The highest BCUT2D eigenvalue weighted by atomic mass is 79.9. The average Bonchev–Trinajstić information content (AvgIpc) is 3.33. The molecule has 1 fully saturated rings. The van der Waals surface area contributed by atoms with Gasteiger partial charge in [-0.05, 0) is 70.5 Å². The number of carbonyl (C=O) groups excluding carboxylic acids is 4. The van der Waals surface area contributed by atoms with Crippen molar-refractivity contribution in [1.29, 1.82) is 0 Å². The van der Waals surface area contributed by atoms with Crippen LogP contribution in [0.2, 0.25) is 5.02 Å². The molecular weight excluding hydrogens is 542 g/mol. The number of ether oxygens (including phenoxy) is 3. The SMILES string of the molecule is CCOC(=O)COc1c(Cl)cc(/C=C2/SC(=O)N(Cc3ccc(C(=O)OC)o3)C2=O)cc1Br. The molecule has 0 saturated carbocycles. The number of imide groups is 1. The molecule has 1 aromatic heterocycles. The van der Waals surface area contributed by atoms with E-state index in [1.165, 1.54) is 31.4 Å². The monoisotopic (exact) mass is 557 g/mol. The lowest BCUT2D eigenvalue weighted by Gasteiger charge is -2.11. The van der Waals surface area contributed by atoms with Gasteiger partial charge in [-0.25, -0.2) is 9.59 Å². The minimum absolute atomic E-state index is 0.0280. The summed E-state index contributed by atoms with van der Waals surface area (Å²) in [5, 5.41) is -0.285. The van der Waals surface area contributed by atoms with Crippen molar-refractivity contribution in [3.05, 3.63) is 55.7 Å². The Kier molecular flexibility index (Phi) is 8.22. The van der Waals surface area contributed by atoms with Gasteiger partial charge < -0.3 is 18.6 Å². The molecule has 3 rings (SSSR count). The van der Waals surface area contributed by atoms with Crippen LogP contribution >= 0.6 is 39.3 Å². The smallest absolute Gasteiger partial charge is 0.373 e. The van der Waals surface area contributed by atoms with Gasteiger partial charge in [-0.15, -0.1) is 0 Å². The highest BCUT2D eigenvalue weighted by molar-refractivity contribution is 9.10. The van der Waals surface area contributed by atoms with Crippen LogP contribution < -0.4 is 4.74 Å². The summed E-state index contributed by atoms with van der Waals surface area (Å²) < 4.78 is 20.6. The van der Waals surface area contributed by atoms with Gasteiger partial charge in [0.2, 0.25) is 5.76 Å². The number of nitrogens with zero attached hydrogens (tertiary/aromatic N) is 1. The van der Waals surface area contributed by atoms with Crippen molar-refractivity contribution in [1.82, 2.24) is 4.90 Å². The van der Waals surface area contributed by atoms with Crippen LogP contribution in [0.4, 0.5) is 4.79 Å². The molecule has 9 nitrogen and oxygen atoms in total. The molecule has 0 bridgehead atoms. The topological polar surface area (TPSA) is 112 Å². The summed E-state index contributed by atoms with van der Waals surface area (Å²) in [6, 6.07) is 6.07.